The standard InChI is InChI=1S/C21H20FN5O2/c22-14-5-7-15(8-6-14)27-19(20(23)28)11-18(26-27)21(29)24-10-9-13-12-25-17-4-2-1-3-16(13)17/h1-8,12,19,25H,9-11H2,(H2,23,28)(H,24,29). The van der Waals surface area contributed by atoms with Crippen molar-refractivity contribution in [3.05, 3.63) is 66.1 Å². The van der Waals surface area contributed by atoms with E-state index in [-0.39, 0.29) is 18.0 Å². The highest BCUT2D eigenvalue weighted by Gasteiger charge is 2.34. The van der Waals surface area contributed by atoms with Gasteiger partial charge in [0.15, 0.2) is 0 Å². The molecule has 0 radical (unpaired) electrons. The maximum absolute atomic E-state index is 13.2. The summed E-state index contributed by atoms with van der Waals surface area (Å²) in [6, 6.07) is 12.7. The summed E-state index contributed by atoms with van der Waals surface area (Å²) in [5.41, 5.74) is 8.35. The molecule has 1 aliphatic rings. The Bertz CT molecular complexity index is 1090. The number of aromatic amines is 1. The second kappa shape index (κ2) is 7.75. The van der Waals surface area contributed by atoms with E-state index in [0.29, 0.717) is 18.7 Å². The van der Waals surface area contributed by atoms with Gasteiger partial charge in [0.1, 0.15) is 17.6 Å². The van der Waals surface area contributed by atoms with Crippen molar-refractivity contribution < 1.29 is 14.0 Å². The van der Waals surface area contributed by atoms with Crippen molar-refractivity contribution in [2.45, 2.75) is 18.9 Å². The fourth-order valence-corrected chi connectivity index (χ4v) is 3.45. The highest BCUT2D eigenvalue weighted by molar-refractivity contribution is 6.40. The van der Waals surface area contributed by atoms with Gasteiger partial charge < -0.3 is 16.0 Å². The Morgan fingerprint density at radius 1 is 1.21 bits per heavy atom. The zero-order chi connectivity index (χ0) is 20.4. The van der Waals surface area contributed by atoms with E-state index in [9.17, 15) is 14.0 Å². The predicted octanol–water partition coefficient (Wildman–Crippen LogP) is 2.09. The molecule has 0 fully saturated rings. The van der Waals surface area contributed by atoms with E-state index in [1.165, 1.54) is 29.3 Å². The molecule has 29 heavy (non-hydrogen) atoms. The average molecular weight is 393 g/mol. The molecule has 1 aromatic heterocycles. The van der Waals surface area contributed by atoms with Gasteiger partial charge in [-0.1, -0.05) is 18.2 Å². The average Bonchev–Trinajstić information content (AvgIpc) is 3.34. The maximum Gasteiger partial charge on any atom is 0.267 e. The second-order valence-electron chi connectivity index (χ2n) is 6.86. The number of H-pyrrole nitrogens is 1. The monoisotopic (exact) mass is 393 g/mol. The molecule has 1 aliphatic heterocycles. The van der Waals surface area contributed by atoms with Gasteiger partial charge in [0.25, 0.3) is 5.91 Å². The maximum atomic E-state index is 13.2. The summed E-state index contributed by atoms with van der Waals surface area (Å²) in [6.45, 7) is 0.428. The van der Waals surface area contributed by atoms with Crippen LogP contribution in [0.1, 0.15) is 12.0 Å². The predicted molar refractivity (Wildman–Crippen MR) is 109 cm³/mol. The number of para-hydroxylation sites is 1. The third-order valence-corrected chi connectivity index (χ3v) is 4.95. The van der Waals surface area contributed by atoms with E-state index in [1.807, 2.05) is 30.5 Å². The SMILES string of the molecule is NC(=O)C1CC(C(=O)NCCc2c[nH]c3ccccc23)=NN1c1ccc(F)cc1. The van der Waals surface area contributed by atoms with E-state index in [1.54, 1.807) is 0 Å². The molecule has 2 amide bonds. The molecule has 4 N–H and O–H groups in total. The first kappa shape index (κ1) is 18.7. The van der Waals surface area contributed by atoms with Gasteiger partial charge in [0, 0.05) is 30.1 Å². The minimum Gasteiger partial charge on any atom is -0.368 e. The highest BCUT2D eigenvalue weighted by Crippen LogP contribution is 2.25. The number of nitrogens with two attached hydrogens (primary N) is 1. The summed E-state index contributed by atoms with van der Waals surface area (Å²) < 4.78 is 13.2. The van der Waals surface area contributed by atoms with Crippen molar-refractivity contribution in [2.75, 3.05) is 11.6 Å². The molecule has 8 heteroatoms. The summed E-state index contributed by atoms with van der Waals surface area (Å²) >= 11 is 0. The Morgan fingerprint density at radius 2 is 1.97 bits per heavy atom. The lowest BCUT2D eigenvalue weighted by Crippen LogP contribution is -2.40. The first-order valence-corrected chi connectivity index (χ1v) is 9.27. The van der Waals surface area contributed by atoms with E-state index >= 15 is 0 Å². The molecule has 0 aliphatic carbocycles. The number of carbonyl (C=O) groups excluding carboxylic acids is 2. The van der Waals surface area contributed by atoms with Gasteiger partial charge in [-0.05, 0) is 42.3 Å². The number of amides is 2. The number of hydrogen-bond acceptors (Lipinski definition) is 4. The van der Waals surface area contributed by atoms with Crippen molar-refractivity contribution in [1.29, 1.82) is 0 Å². The second-order valence-corrected chi connectivity index (χ2v) is 6.86. The molecule has 4 rings (SSSR count). The fraction of sp³-hybridized carbons (Fsp3) is 0.190. The Balaban J connectivity index is 1.43. The van der Waals surface area contributed by atoms with Crippen LogP contribution in [0.15, 0.2) is 59.8 Å². The molecule has 1 unspecified atom stereocenters. The van der Waals surface area contributed by atoms with E-state index in [0.717, 1.165) is 16.5 Å². The number of hydrogen-bond donors (Lipinski definition) is 3. The van der Waals surface area contributed by atoms with Gasteiger partial charge in [-0.2, -0.15) is 5.10 Å². The summed E-state index contributed by atoms with van der Waals surface area (Å²) in [5, 5.41) is 9.60. The van der Waals surface area contributed by atoms with Gasteiger partial charge in [0.2, 0.25) is 5.91 Å². The van der Waals surface area contributed by atoms with E-state index in [4.69, 9.17) is 5.73 Å². The number of hydrazone groups is 1. The Labute approximate surface area is 166 Å². The number of fused-ring (bicyclic) bond motifs is 1. The van der Waals surface area contributed by atoms with Crippen molar-refractivity contribution in [3.8, 4) is 0 Å². The highest BCUT2D eigenvalue weighted by atomic mass is 19.1. The topological polar surface area (TPSA) is 104 Å². The molecule has 7 nitrogen and oxygen atoms in total. The lowest BCUT2D eigenvalue weighted by molar-refractivity contribution is -0.119. The first-order chi connectivity index (χ1) is 14.0. The van der Waals surface area contributed by atoms with Crippen LogP contribution in [0.3, 0.4) is 0 Å². The van der Waals surface area contributed by atoms with Crippen LogP contribution < -0.4 is 16.1 Å². The van der Waals surface area contributed by atoms with Crippen LogP contribution in [0.2, 0.25) is 0 Å². The number of carbonyl (C=O) groups is 2. The van der Waals surface area contributed by atoms with Crippen molar-refractivity contribution in [2.24, 2.45) is 10.8 Å². The van der Waals surface area contributed by atoms with Crippen LogP contribution in [-0.2, 0) is 16.0 Å². The number of rotatable bonds is 6. The first-order valence-electron chi connectivity index (χ1n) is 9.27. The van der Waals surface area contributed by atoms with Crippen LogP contribution in [0.25, 0.3) is 10.9 Å². The zero-order valence-electron chi connectivity index (χ0n) is 15.6. The molecule has 0 spiro atoms. The molecular formula is C21H20FN5O2. The van der Waals surface area contributed by atoms with E-state index in [2.05, 4.69) is 15.4 Å². The number of primary amides is 1. The number of nitrogens with one attached hydrogen (secondary N) is 2. The van der Waals surface area contributed by atoms with E-state index < -0.39 is 17.8 Å². The number of aromatic nitrogens is 1. The molecule has 0 saturated heterocycles. The van der Waals surface area contributed by atoms with Crippen LogP contribution in [0.5, 0.6) is 0 Å². The Kier molecular flexibility index (Phi) is 4.99. The van der Waals surface area contributed by atoms with Gasteiger partial charge in [-0.25, -0.2) is 4.39 Å². The van der Waals surface area contributed by atoms with Crippen LogP contribution >= 0.6 is 0 Å². The Morgan fingerprint density at radius 3 is 2.72 bits per heavy atom. The van der Waals surface area contributed by atoms with Crippen molar-refractivity contribution in [3.63, 3.8) is 0 Å². The normalized spacial score (nSPS) is 16.1. The number of anilines is 1. The summed E-state index contributed by atoms with van der Waals surface area (Å²) in [5.74, 6) is -1.34. The summed E-state index contributed by atoms with van der Waals surface area (Å²) in [6.07, 6.45) is 2.69. The number of halogens is 1. The summed E-state index contributed by atoms with van der Waals surface area (Å²) in [4.78, 5) is 27.6. The minimum atomic E-state index is -0.783. The molecule has 148 valence electrons. The quantitative estimate of drug-likeness (QED) is 0.597. The van der Waals surface area contributed by atoms with Gasteiger partial charge in [-0.3, -0.25) is 14.6 Å². The Hall–Kier alpha value is -3.68. The molecule has 3 aromatic rings. The minimum absolute atomic E-state index is 0.103. The molecular weight excluding hydrogens is 373 g/mol. The lowest BCUT2D eigenvalue weighted by Gasteiger charge is -2.20. The lowest BCUT2D eigenvalue weighted by atomic mass is 10.1. The van der Waals surface area contributed by atoms with Gasteiger partial charge >= 0.3 is 0 Å². The van der Waals surface area contributed by atoms with Gasteiger partial charge in [-0.15, -0.1) is 0 Å². The zero-order valence-corrected chi connectivity index (χ0v) is 15.6. The van der Waals surface area contributed by atoms with Crippen LogP contribution in [-0.4, -0.2) is 35.1 Å². The molecule has 1 atom stereocenters. The fourth-order valence-electron chi connectivity index (χ4n) is 3.45. The van der Waals surface area contributed by atoms with Crippen molar-refractivity contribution in [1.82, 2.24) is 10.3 Å². The smallest absolute Gasteiger partial charge is 0.267 e. The third-order valence-electron chi connectivity index (χ3n) is 4.95. The molecule has 0 saturated carbocycles. The summed E-state index contributed by atoms with van der Waals surface area (Å²) in [7, 11) is 0. The molecule has 2 heterocycles. The number of nitrogens with zero attached hydrogens (tertiary/aromatic N) is 2. The largest absolute Gasteiger partial charge is 0.368 e. The third kappa shape index (κ3) is 3.82. The molecule has 2 aromatic carbocycles. The van der Waals surface area contributed by atoms with Gasteiger partial charge in [0.05, 0.1) is 5.69 Å². The molecule has 0 bridgehead atoms. The van der Waals surface area contributed by atoms with Crippen molar-refractivity contribution >= 4 is 34.1 Å². The number of benzene rings is 2. The van der Waals surface area contributed by atoms with Crippen LogP contribution in [0.4, 0.5) is 10.1 Å². The van der Waals surface area contributed by atoms with Crippen LogP contribution in [0, 0.1) is 5.82 Å².